The number of aromatic nitrogens is 2. The van der Waals surface area contributed by atoms with Crippen LogP contribution in [0.15, 0.2) is 53.1 Å². The topological polar surface area (TPSA) is 80.5 Å². The molecule has 144 valence electrons. The molecular formula is C20H19FN4O3. The number of para-hydroxylation sites is 1. The van der Waals surface area contributed by atoms with Gasteiger partial charge >= 0.3 is 6.03 Å². The Morgan fingerprint density at radius 3 is 2.79 bits per heavy atom. The smallest absolute Gasteiger partial charge is 0.322 e. The highest BCUT2D eigenvalue weighted by Gasteiger charge is 2.34. The zero-order chi connectivity index (χ0) is 19.5. The van der Waals surface area contributed by atoms with E-state index in [-0.39, 0.29) is 11.7 Å². The number of ether oxygens (including phenoxy) is 1. The lowest BCUT2D eigenvalue weighted by atomic mass is 10.2. The normalized spacial score (nSPS) is 16.2. The quantitative estimate of drug-likeness (QED) is 0.729. The van der Waals surface area contributed by atoms with Crippen LogP contribution < -0.4 is 10.1 Å². The first-order valence-corrected chi connectivity index (χ1v) is 8.96. The minimum Gasteiger partial charge on any atom is -0.497 e. The maximum Gasteiger partial charge on any atom is 0.322 e. The summed E-state index contributed by atoms with van der Waals surface area (Å²) in [5.74, 6) is 1.07. The molecule has 1 N–H and O–H groups in total. The third-order valence-electron chi connectivity index (χ3n) is 4.70. The van der Waals surface area contributed by atoms with Crippen LogP contribution in [0.4, 0.5) is 14.9 Å². The van der Waals surface area contributed by atoms with Gasteiger partial charge in [-0.1, -0.05) is 17.3 Å². The van der Waals surface area contributed by atoms with Crippen molar-refractivity contribution in [2.45, 2.75) is 18.9 Å². The van der Waals surface area contributed by atoms with Crippen LogP contribution in [0.1, 0.15) is 24.8 Å². The van der Waals surface area contributed by atoms with Crippen LogP contribution in [-0.4, -0.2) is 34.7 Å². The minimum absolute atomic E-state index is 0.141. The molecule has 0 saturated carbocycles. The summed E-state index contributed by atoms with van der Waals surface area (Å²) in [6, 6.07) is 12.6. The summed E-state index contributed by atoms with van der Waals surface area (Å²) < 4.78 is 24.4. The monoisotopic (exact) mass is 382 g/mol. The Morgan fingerprint density at radius 2 is 2.04 bits per heavy atom. The van der Waals surface area contributed by atoms with Crippen molar-refractivity contribution in [3.63, 3.8) is 0 Å². The lowest BCUT2D eigenvalue weighted by molar-refractivity contribution is 0.193. The third kappa shape index (κ3) is 3.53. The van der Waals surface area contributed by atoms with Gasteiger partial charge < -0.3 is 19.5 Å². The minimum atomic E-state index is -0.480. The third-order valence-corrected chi connectivity index (χ3v) is 4.70. The van der Waals surface area contributed by atoms with Crippen LogP contribution in [0.2, 0.25) is 0 Å². The number of nitrogens with one attached hydrogen (secondary N) is 1. The summed E-state index contributed by atoms with van der Waals surface area (Å²) in [5.41, 5.74) is 0.929. The van der Waals surface area contributed by atoms with Crippen LogP contribution in [0.25, 0.3) is 11.4 Å². The number of methoxy groups -OCH3 is 1. The zero-order valence-corrected chi connectivity index (χ0v) is 15.3. The summed E-state index contributed by atoms with van der Waals surface area (Å²) in [6.07, 6.45) is 1.50. The van der Waals surface area contributed by atoms with E-state index in [2.05, 4.69) is 15.5 Å². The average Bonchev–Trinajstić information content (AvgIpc) is 3.39. The highest BCUT2D eigenvalue weighted by Crippen LogP contribution is 2.33. The molecule has 2 aromatic carbocycles. The number of benzene rings is 2. The van der Waals surface area contributed by atoms with E-state index in [9.17, 15) is 9.18 Å². The van der Waals surface area contributed by atoms with Crippen molar-refractivity contribution in [1.82, 2.24) is 15.0 Å². The molecule has 1 saturated heterocycles. The van der Waals surface area contributed by atoms with E-state index >= 15 is 0 Å². The number of hydrogen-bond acceptors (Lipinski definition) is 5. The van der Waals surface area contributed by atoms with Crippen LogP contribution in [0.3, 0.4) is 0 Å². The summed E-state index contributed by atoms with van der Waals surface area (Å²) in [5, 5.41) is 6.64. The Balaban J connectivity index is 1.51. The highest BCUT2D eigenvalue weighted by atomic mass is 19.1. The van der Waals surface area contributed by atoms with Gasteiger partial charge in [0, 0.05) is 12.1 Å². The van der Waals surface area contributed by atoms with Crippen LogP contribution in [-0.2, 0) is 0 Å². The first-order valence-electron chi connectivity index (χ1n) is 8.96. The molecule has 28 heavy (non-hydrogen) atoms. The first kappa shape index (κ1) is 18.0. The molecule has 1 atom stereocenters. The van der Waals surface area contributed by atoms with Crippen molar-refractivity contribution < 1.29 is 18.4 Å². The van der Waals surface area contributed by atoms with Gasteiger partial charge in [0.1, 0.15) is 17.6 Å². The second-order valence-electron chi connectivity index (χ2n) is 6.45. The largest absolute Gasteiger partial charge is 0.497 e. The Kier molecular flexibility index (Phi) is 4.92. The van der Waals surface area contributed by atoms with Gasteiger partial charge in [0.2, 0.25) is 11.7 Å². The van der Waals surface area contributed by atoms with E-state index in [1.54, 1.807) is 24.1 Å². The van der Waals surface area contributed by atoms with E-state index in [0.717, 1.165) is 17.7 Å². The van der Waals surface area contributed by atoms with Gasteiger partial charge in [-0.15, -0.1) is 0 Å². The fourth-order valence-electron chi connectivity index (χ4n) is 3.24. The molecule has 1 aromatic heterocycles. The number of anilines is 1. The fourth-order valence-corrected chi connectivity index (χ4v) is 3.24. The number of rotatable bonds is 4. The molecule has 0 radical (unpaired) electrons. The summed E-state index contributed by atoms with van der Waals surface area (Å²) in [6.45, 7) is 0.533. The Bertz CT molecular complexity index is 974. The number of halogens is 1. The molecule has 3 aromatic rings. The molecular weight excluding hydrogens is 363 g/mol. The number of hydrogen-bond donors (Lipinski definition) is 1. The van der Waals surface area contributed by atoms with E-state index in [0.29, 0.717) is 24.7 Å². The molecule has 0 spiro atoms. The van der Waals surface area contributed by atoms with Gasteiger partial charge in [0.25, 0.3) is 0 Å². The summed E-state index contributed by atoms with van der Waals surface area (Å²) >= 11 is 0. The van der Waals surface area contributed by atoms with E-state index in [4.69, 9.17) is 9.26 Å². The molecule has 0 bridgehead atoms. The second kappa shape index (κ2) is 7.67. The van der Waals surface area contributed by atoms with Crippen LogP contribution in [0, 0.1) is 5.82 Å². The molecule has 1 fully saturated rings. The number of nitrogens with zero attached hydrogens (tertiary/aromatic N) is 3. The molecule has 0 aliphatic carbocycles. The molecule has 1 unspecified atom stereocenters. The van der Waals surface area contributed by atoms with Gasteiger partial charge in [-0.2, -0.15) is 4.98 Å². The van der Waals surface area contributed by atoms with Gasteiger partial charge in [-0.05, 0) is 49.2 Å². The van der Waals surface area contributed by atoms with Crippen molar-refractivity contribution in [3.05, 3.63) is 60.2 Å². The molecule has 7 nitrogen and oxygen atoms in total. The Labute approximate surface area is 161 Å². The average molecular weight is 382 g/mol. The van der Waals surface area contributed by atoms with Crippen molar-refractivity contribution >= 4 is 11.7 Å². The van der Waals surface area contributed by atoms with Gasteiger partial charge in [-0.25, -0.2) is 9.18 Å². The van der Waals surface area contributed by atoms with Crippen LogP contribution in [0.5, 0.6) is 5.75 Å². The van der Waals surface area contributed by atoms with Gasteiger partial charge in [0.15, 0.2) is 0 Å². The number of amides is 2. The molecule has 2 heterocycles. The lowest BCUT2D eigenvalue weighted by Gasteiger charge is -2.22. The van der Waals surface area contributed by atoms with Crippen molar-refractivity contribution in [2.75, 3.05) is 19.0 Å². The molecule has 4 rings (SSSR count). The lowest BCUT2D eigenvalue weighted by Crippen LogP contribution is -2.34. The molecule has 8 heteroatoms. The van der Waals surface area contributed by atoms with Crippen molar-refractivity contribution in [1.29, 1.82) is 0 Å². The Morgan fingerprint density at radius 1 is 1.25 bits per heavy atom. The van der Waals surface area contributed by atoms with Crippen LogP contribution >= 0.6 is 0 Å². The first-order chi connectivity index (χ1) is 13.7. The van der Waals surface area contributed by atoms with Crippen molar-refractivity contribution in [2.24, 2.45) is 0 Å². The zero-order valence-electron chi connectivity index (χ0n) is 15.3. The molecule has 1 aliphatic heterocycles. The van der Waals surface area contributed by atoms with Gasteiger partial charge in [0.05, 0.1) is 12.8 Å². The molecule has 1 aliphatic rings. The van der Waals surface area contributed by atoms with E-state index < -0.39 is 11.8 Å². The summed E-state index contributed by atoms with van der Waals surface area (Å²) in [4.78, 5) is 18.7. The van der Waals surface area contributed by atoms with Crippen molar-refractivity contribution in [3.8, 4) is 17.1 Å². The molecule has 2 amide bonds. The highest BCUT2D eigenvalue weighted by molar-refractivity contribution is 5.89. The maximum atomic E-state index is 13.8. The van der Waals surface area contributed by atoms with E-state index in [1.165, 1.54) is 12.1 Å². The maximum absolute atomic E-state index is 13.8. The van der Waals surface area contributed by atoms with E-state index in [1.807, 2.05) is 24.3 Å². The standard InChI is InChI=1S/C20H19FN4O3/c1-27-14-10-8-13(9-11-14)18-23-19(28-24-18)17-7-4-12-25(17)20(26)22-16-6-3-2-5-15(16)21/h2-3,5-6,8-11,17H,4,7,12H2,1H3,(H,22,26). The SMILES string of the molecule is COc1ccc(-c2noc(C3CCCN3C(=O)Nc3ccccc3F)n2)cc1. The summed E-state index contributed by atoms with van der Waals surface area (Å²) in [7, 11) is 1.60. The number of urea groups is 1. The number of carbonyl (C=O) groups is 1. The number of likely N-dealkylation sites (tertiary alicyclic amines) is 1. The fraction of sp³-hybridized carbons (Fsp3) is 0.250. The number of carbonyl (C=O) groups excluding carboxylic acids is 1. The predicted molar refractivity (Wildman–Crippen MR) is 100 cm³/mol. The Hall–Kier alpha value is -3.42. The predicted octanol–water partition coefficient (Wildman–Crippen LogP) is 4.25. The van der Waals surface area contributed by atoms with Gasteiger partial charge in [-0.3, -0.25) is 0 Å². The second-order valence-corrected chi connectivity index (χ2v) is 6.45.